The molecule has 0 spiro atoms. The third-order valence-electron chi connectivity index (χ3n) is 4.79. The zero-order valence-corrected chi connectivity index (χ0v) is 16.0. The lowest BCUT2D eigenvalue weighted by atomic mass is 10.1. The number of Topliss-reactive ketones (excluding diaryl/α,β-unsaturated/α-hetero) is 1. The molecule has 0 radical (unpaired) electrons. The van der Waals surface area contributed by atoms with E-state index in [1.54, 1.807) is 6.92 Å². The number of aryl methyl sites for hydroxylation is 2. The molecule has 1 atom stereocenters. The van der Waals surface area contributed by atoms with Crippen LogP contribution in [-0.4, -0.2) is 27.8 Å². The van der Waals surface area contributed by atoms with Crippen molar-refractivity contribution in [2.24, 2.45) is 0 Å². The molecule has 27 heavy (non-hydrogen) atoms. The van der Waals surface area contributed by atoms with Gasteiger partial charge in [-0.3, -0.25) is 9.59 Å². The number of aromatic nitrogens is 2. The topological polar surface area (TPSA) is 64.0 Å². The number of carbonyl (C=O) groups is 2. The fraction of sp³-hybridized carbons (Fsp3) is 0.318. The van der Waals surface area contributed by atoms with E-state index in [-0.39, 0.29) is 17.7 Å². The molecule has 1 unspecified atom stereocenters. The number of fused-ring (bicyclic) bond motifs is 1. The first-order valence-corrected chi connectivity index (χ1v) is 9.28. The van der Waals surface area contributed by atoms with Crippen LogP contribution in [0.4, 0.5) is 0 Å². The maximum atomic E-state index is 12.2. The maximum Gasteiger partial charge on any atom is 0.251 e. The maximum absolute atomic E-state index is 12.2. The molecule has 0 bridgehead atoms. The minimum atomic E-state index is -0.255. The molecule has 140 valence electrons. The van der Waals surface area contributed by atoms with Crippen LogP contribution in [0.2, 0.25) is 0 Å². The molecule has 3 aromatic rings. The summed E-state index contributed by atoms with van der Waals surface area (Å²) in [5.41, 5.74) is 3.60. The standard InChI is InChI=1S/C22H25N3O2/c1-15-8-6-9-18(14-15)22(27)23-13-7-12-21-24-19-10-4-5-11-20(19)25(21)16(2)17(3)26/h4-6,8-11,14,16H,7,12-13H2,1-3H3,(H,23,27). The summed E-state index contributed by atoms with van der Waals surface area (Å²) >= 11 is 0. The number of rotatable bonds is 7. The Balaban J connectivity index is 1.67. The van der Waals surface area contributed by atoms with Gasteiger partial charge in [-0.25, -0.2) is 4.98 Å². The van der Waals surface area contributed by atoms with E-state index in [1.807, 2.05) is 66.9 Å². The average molecular weight is 363 g/mol. The second-order valence-corrected chi connectivity index (χ2v) is 6.90. The Labute approximate surface area is 159 Å². The molecule has 1 amide bonds. The molecule has 3 rings (SSSR count). The predicted octanol–water partition coefficient (Wildman–Crippen LogP) is 3.86. The van der Waals surface area contributed by atoms with Crippen LogP contribution in [0.5, 0.6) is 0 Å². The summed E-state index contributed by atoms with van der Waals surface area (Å²) in [5.74, 6) is 0.917. The Morgan fingerprint density at radius 3 is 2.67 bits per heavy atom. The summed E-state index contributed by atoms with van der Waals surface area (Å²) in [4.78, 5) is 28.9. The lowest BCUT2D eigenvalue weighted by Gasteiger charge is -2.15. The Morgan fingerprint density at radius 2 is 1.93 bits per heavy atom. The van der Waals surface area contributed by atoms with Crippen LogP contribution in [0.15, 0.2) is 48.5 Å². The van der Waals surface area contributed by atoms with Gasteiger partial charge in [-0.2, -0.15) is 0 Å². The van der Waals surface area contributed by atoms with Gasteiger partial charge in [-0.05, 0) is 51.5 Å². The van der Waals surface area contributed by atoms with Crippen molar-refractivity contribution in [2.45, 2.75) is 39.7 Å². The highest BCUT2D eigenvalue weighted by molar-refractivity contribution is 5.94. The first-order chi connectivity index (χ1) is 13.0. The first kappa shape index (κ1) is 18.8. The quantitative estimate of drug-likeness (QED) is 0.648. The van der Waals surface area contributed by atoms with Gasteiger partial charge in [0.05, 0.1) is 17.1 Å². The summed E-state index contributed by atoms with van der Waals surface area (Å²) in [6.07, 6.45) is 1.45. The van der Waals surface area contributed by atoms with E-state index in [0.29, 0.717) is 18.5 Å². The minimum absolute atomic E-state index is 0.0655. The Kier molecular flexibility index (Phi) is 5.69. The number of nitrogens with zero attached hydrogens (tertiary/aromatic N) is 2. The summed E-state index contributed by atoms with van der Waals surface area (Å²) in [5, 5.41) is 2.96. The van der Waals surface area contributed by atoms with Gasteiger partial charge in [0.2, 0.25) is 0 Å². The van der Waals surface area contributed by atoms with Gasteiger partial charge in [0.25, 0.3) is 5.91 Å². The normalized spacial score (nSPS) is 12.1. The smallest absolute Gasteiger partial charge is 0.251 e. The monoisotopic (exact) mass is 363 g/mol. The van der Waals surface area contributed by atoms with Crippen molar-refractivity contribution in [2.75, 3.05) is 6.54 Å². The van der Waals surface area contributed by atoms with Crippen LogP contribution in [0.25, 0.3) is 11.0 Å². The lowest BCUT2D eigenvalue weighted by Crippen LogP contribution is -2.25. The molecular formula is C22H25N3O2. The molecule has 1 N–H and O–H groups in total. The van der Waals surface area contributed by atoms with E-state index >= 15 is 0 Å². The van der Waals surface area contributed by atoms with Crippen molar-refractivity contribution >= 4 is 22.7 Å². The van der Waals surface area contributed by atoms with Crippen LogP contribution in [-0.2, 0) is 11.2 Å². The molecule has 0 aliphatic rings. The van der Waals surface area contributed by atoms with E-state index in [1.165, 1.54) is 0 Å². The van der Waals surface area contributed by atoms with Crippen molar-refractivity contribution in [1.29, 1.82) is 0 Å². The van der Waals surface area contributed by atoms with Crippen molar-refractivity contribution in [3.63, 3.8) is 0 Å². The third kappa shape index (κ3) is 4.25. The van der Waals surface area contributed by atoms with Crippen molar-refractivity contribution < 1.29 is 9.59 Å². The zero-order valence-electron chi connectivity index (χ0n) is 16.0. The molecule has 0 saturated carbocycles. The second-order valence-electron chi connectivity index (χ2n) is 6.90. The first-order valence-electron chi connectivity index (χ1n) is 9.28. The van der Waals surface area contributed by atoms with E-state index < -0.39 is 0 Å². The van der Waals surface area contributed by atoms with Gasteiger partial charge in [-0.1, -0.05) is 29.8 Å². The summed E-state index contributed by atoms with van der Waals surface area (Å²) < 4.78 is 2.01. The van der Waals surface area contributed by atoms with Gasteiger partial charge in [0.15, 0.2) is 5.78 Å². The van der Waals surface area contributed by atoms with E-state index in [0.717, 1.165) is 28.8 Å². The van der Waals surface area contributed by atoms with Gasteiger partial charge in [-0.15, -0.1) is 0 Å². The summed E-state index contributed by atoms with van der Waals surface area (Å²) in [6.45, 7) is 6.03. The Hall–Kier alpha value is -2.95. The van der Waals surface area contributed by atoms with Crippen LogP contribution in [0.1, 0.15) is 48.1 Å². The molecule has 5 heteroatoms. The number of benzene rings is 2. The van der Waals surface area contributed by atoms with E-state index in [4.69, 9.17) is 4.98 Å². The SMILES string of the molecule is CC(=O)C(C)n1c(CCCNC(=O)c2cccc(C)c2)nc2ccccc21. The highest BCUT2D eigenvalue weighted by atomic mass is 16.1. The van der Waals surface area contributed by atoms with Crippen molar-refractivity contribution in [3.05, 3.63) is 65.5 Å². The second kappa shape index (κ2) is 8.16. The molecule has 5 nitrogen and oxygen atoms in total. The molecule has 1 heterocycles. The van der Waals surface area contributed by atoms with Crippen molar-refractivity contribution in [3.8, 4) is 0 Å². The molecule has 0 aliphatic carbocycles. The third-order valence-corrected chi connectivity index (χ3v) is 4.79. The average Bonchev–Trinajstić information content (AvgIpc) is 3.02. The number of carbonyl (C=O) groups excluding carboxylic acids is 2. The number of amides is 1. The van der Waals surface area contributed by atoms with Crippen LogP contribution in [0.3, 0.4) is 0 Å². The predicted molar refractivity (Wildman–Crippen MR) is 107 cm³/mol. The fourth-order valence-corrected chi connectivity index (χ4v) is 3.22. The summed E-state index contributed by atoms with van der Waals surface area (Å²) in [6, 6.07) is 15.1. The highest BCUT2D eigenvalue weighted by Gasteiger charge is 2.18. The highest BCUT2D eigenvalue weighted by Crippen LogP contribution is 2.22. The molecule has 2 aromatic carbocycles. The Morgan fingerprint density at radius 1 is 1.15 bits per heavy atom. The van der Waals surface area contributed by atoms with E-state index in [9.17, 15) is 9.59 Å². The lowest BCUT2D eigenvalue weighted by molar-refractivity contribution is -0.119. The van der Waals surface area contributed by atoms with Crippen LogP contribution < -0.4 is 5.32 Å². The summed E-state index contributed by atoms with van der Waals surface area (Å²) in [7, 11) is 0. The number of hydrogen-bond acceptors (Lipinski definition) is 3. The number of para-hydroxylation sites is 2. The van der Waals surface area contributed by atoms with Gasteiger partial charge in [0.1, 0.15) is 5.82 Å². The number of ketones is 1. The molecule has 0 aliphatic heterocycles. The number of imidazole rings is 1. The number of hydrogen-bond donors (Lipinski definition) is 1. The van der Waals surface area contributed by atoms with Gasteiger partial charge in [0, 0.05) is 18.5 Å². The van der Waals surface area contributed by atoms with Gasteiger partial charge >= 0.3 is 0 Å². The van der Waals surface area contributed by atoms with Crippen LogP contribution >= 0.6 is 0 Å². The minimum Gasteiger partial charge on any atom is -0.352 e. The molecule has 0 saturated heterocycles. The fourth-order valence-electron chi connectivity index (χ4n) is 3.22. The zero-order chi connectivity index (χ0) is 19.4. The Bertz CT molecular complexity index is 975. The van der Waals surface area contributed by atoms with Crippen LogP contribution in [0, 0.1) is 6.92 Å². The molecule has 1 aromatic heterocycles. The van der Waals surface area contributed by atoms with E-state index in [2.05, 4.69) is 5.32 Å². The largest absolute Gasteiger partial charge is 0.352 e. The number of nitrogens with one attached hydrogen (secondary N) is 1. The van der Waals surface area contributed by atoms with Crippen molar-refractivity contribution in [1.82, 2.24) is 14.9 Å². The molecular weight excluding hydrogens is 338 g/mol. The van der Waals surface area contributed by atoms with Gasteiger partial charge < -0.3 is 9.88 Å². The molecule has 0 fully saturated rings.